The van der Waals surface area contributed by atoms with Gasteiger partial charge in [-0.1, -0.05) is 197 Å². The van der Waals surface area contributed by atoms with Crippen LogP contribution < -0.4 is 0 Å². The second-order valence-corrected chi connectivity index (χ2v) is 43.2. The van der Waals surface area contributed by atoms with Gasteiger partial charge in [-0.05, 0) is 274 Å². The predicted molar refractivity (Wildman–Crippen MR) is 440 cm³/mol. The first-order chi connectivity index (χ1) is 51.5. The van der Waals surface area contributed by atoms with Crippen molar-refractivity contribution in [3.63, 3.8) is 0 Å². The van der Waals surface area contributed by atoms with Crippen LogP contribution in [0.3, 0.4) is 0 Å². The molecule has 608 valence electrons. The molecule has 0 amide bonds. The van der Waals surface area contributed by atoms with Crippen molar-refractivity contribution in [3.8, 4) is 6.07 Å². The number of hydrogen-bond acceptors (Lipinski definition) is 11. The Balaban J connectivity index is 0.650. The molecule has 11 nitrogen and oxygen atoms in total. The first kappa shape index (κ1) is 82.9. The summed E-state index contributed by atoms with van der Waals surface area (Å²) in [5, 5.41) is 10.3. The number of fused-ring (bicyclic) bond motifs is 15. The zero-order valence-corrected chi connectivity index (χ0v) is 71.9. The Morgan fingerprint density at radius 2 is 0.657 bits per heavy atom. The minimum absolute atomic E-state index is 0.126. The van der Waals surface area contributed by atoms with Crippen LogP contribution in [0, 0.1) is 150 Å². The van der Waals surface area contributed by atoms with E-state index in [1.165, 1.54) is 154 Å². The third-order valence-electron chi connectivity index (χ3n) is 36.0. The van der Waals surface area contributed by atoms with E-state index in [-0.39, 0.29) is 78.6 Å². The second-order valence-electron chi connectivity index (χ2n) is 43.2. The van der Waals surface area contributed by atoms with Gasteiger partial charge < -0.3 is 14.2 Å². The van der Waals surface area contributed by atoms with Crippen molar-refractivity contribution in [3.05, 3.63) is 34.9 Å². The molecule has 13 rings (SSSR count). The van der Waals surface area contributed by atoms with Crippen LogP contribution in [0.2, 0.25) is 0 Å². The Labute approximate surface area is 660 Å². The number of allylic oxidation sites excluding steroid dienone is 3. The van der Waals surface area contributed by atoms with Crippen LogP contribution in [0.4, 0.5) is 0 Å². The molecule has 11 heteroatoms. The lowest BCUT2D eigenvalue weighted by Crippen LogP contribution is -2.51. The van der Waals surface area contributed by atoms with Gasteiger partial charge in [-0.2, -0.15) is 5.26 Å². The topological polar surface area (TPSA) is 116 Å². The van der Waals surface area contributed by atoms with Crippen molar-refractivity contribution in [1.82, 2.24) is 19.6 Å². The van der Waals surface area contributed by atoms with E-state index in [0.29, 0.717) is 86.4 Å². The maximum Gasteiger partial charge on any atom is 0.320 e. The number of carbonyl (C=O) groups excluding carboxylic acids is 3. The van der Waals surface area contributed by atoms with Gasteiger partial charge in [0.05, 0.1) is 32.2 Å². The van der Waals surface area contributed by atoms with Crippen LogP contribution >= 0.6 is 0 Å². The van der Waals surface area contributed by atoms with Gasteiger partial charge in [0.25, 0.3) is 0 Å². The molecule has 0 radical (unpaired) electrons. The minimum atomic E-state index is -0.177. The average Bonchev–Trinajstić information content (AvgIpc) is 1.36. The molecule has 0 N–H and O–H groups in total. The van der Waals surface area contributed by atoms with E-state index < -0.39 is 0 Å². The van der Waals surface area contributed by atoms with Crippen molar-refractivity contribution in [2.75, 3.05) is 78.5 Å². The fraction of sp³-hybridized carbons (Fsp3) is 0.897. The van der Waals surface area contributed by atoms with Crippen LogP contribution in [-0.2, 0) is 28.6 Å². The Hall–Kier alpha value is -3.04. The fourth-order valence-corrected chi connectivity index (χ4v) is 29.8. The molecule has 0 unspecified atom stereocenters. The molecule has 12 aliphatic carbocycles. The molecular formula is C97H159N5O6. The van der Waals surface area contributed by atoms with E-state index in [2.05, 4.69) is 148 Å². The summed E-state index contributed by atoms with van der Waals surface area (Å²) in [6.07, 6.45) is 48.3. The first-order valence-electron chi connectivity index (χ1n) is 46.5. The highest BCUT2D eigenvalue weighted by Crippen LogP contribution is 2.71. The summed E-state index contributed by atoms with van der Waals surface area (Å²) < 4.78 is 19.9. The summed E-state index contributed by atoms with van der Waals surface area (Å²) in [5.74, 6) is 13.6. The molecule has 13 aliphatic rings. The summed E-state index contributed by atoms with van der Waals surface area (Å²) in [6.45, 7) is 43.2. The highest BCUT2D eigenvalue weighted by molar-refractivity contribution is 5.73. The van der Waals surface area contributed by atoms with E-state index in [4.69, 9.17) is 14.2 Å². The van der Waals surface area contributed by atoms with Crippen LogP contribution in [0.5, 0.6) is 0 Å². The van der Waals surface area contributed by atoms with E-state index >= 15 is 0 Å². The molecule has 10 fully saturated rings. The molecule has 108 heavy (non-hydrogen) atoms. The maximum absolute atomic E-state index is 14.7. The van der Waals surface area contributed by atoms with Crippen molar-refractivity contribution in [1.29, 1.82) is 5.26 Å². The van der Waals surface area contributed by atoms with Crippen molar-refractivity contribution < 1.29 is 28.6 Å². The molecule has 0 aromatic carbocycles. The zero-order valence-electron chi connectivity index (χ0n) is 71.9. The van der Waals surface area contributed by atoms with E-state index in [0.717, 1.165) is 147 Å². The molecule has 0 bridgehead atoms. The predicted octanol–water partition coefficient (Wildman–Crippen LogP) is 21.6. The number of carbonyl (C=O) groups is 3. The molecule has 1 saturated heterocycles. The molecule has 9 saturated carbocycles. The molecule has 1 aliphatic heterocycles. The average molecular weight is 1490 g/mol. The number of ether oxygens (including phenoxy) is 3. The van der Waals surface area contributed by atoms with Crippen LogP contribution in [0.25, 0.3) is 0 Å². The van der Waals surface area contributed by atoms with Crippen molar-refractivity contribution in [2.24, 2.45) is 139 Å². The molecule has 0 aromatic rings. The monoisotopic (exact) mass is 1490 g/mol. The Bertz CT molecular complexity index is 3060. The summed E-state index contributed by atoms with van der Waals surface area (Å²) in [6, 6.07) is 2.46. The maximum atomic E-state index is 14.7. The fourth-order valence-electron chi connectivity index (χ4n) is 29.8. The smallest absolute Gasteiger partial charge is 0.320 e. The van der Waals surface area contributed by atoms with E-state index in [1.807, 2.05) is 0 Å². The minimum Gasteiger partial charge on any atom is -0.461 e. The lowest BCUT2D eigenvalue weighted by Gasteiger charge is -2.58. The number of nitrogens with zero attached hydrogens (tertiary/aromatic N) is 5. The van der Waals surface area contributed by atoms with Gasteiger partial charge in [0.1, 0.15) is 18.3 Å². The molecule has 24 atom stereocenters. The Kier molecular flexibility index (Phi) is 26.7. The largest absolute Gasteiger partial charge is 0.461 e. The van der Waals surface area contributed by atoms with E-state index in [9.17, 15) is 19.6 Å². The number of hydrogen-bond donors (Lipinski definition) is 0. The summed E-state index contributed by atoms with van der Waals surface area (Å²) in [5.41, 5.74) is 6.51. The van der Waals surface area contributed by atoms with Crippen LogP contribution in [0.1, 0.15) is 316 Å². The quantitative estimate of drug-likeness (QED) is 0.0377. The van der Waals surface area contributed by atoms with Gasteiger partial charge in [-0.3, -0.25) is 34.0 Å². The lowest BCUT2D eigenvalue weighted by atomic mass is 9.47. The lowest BCUT2D eigenvalue weighted by molar-refractivity contribution is -0.155. The van der Waals surface area contributed by atoms with E-state index in [1.54, 1.807) is 16.7 Å². The van der Waals surface area contributed by atoms with Gasteiger partial charge in [0.15, 0.2) is 0 Å². The summed E-state index contributed by atoms with van der Waals surface area (Å²) in [7, 11) is 0. The van der Waals surface area contributed by atoms with Gasteiger partial charge in [0, 0.05) is 71.6 Å². The van der Waals surface area contributed by atoms with Gasteiger partial charge >= 0.3 is 17.9 Å². The van der Waals surface area contributed by atoms with Crippen molar-refractivity contribution >= 4 is 17.9 Å². The van der Waals surface area contributed by atoms with Crippen LogP contribution in [-0.4, -0.2) is 134 Å². The Morgan fingerprint density at radius 1 is 0.380 bits per heavy atom. The zero-order chi connectivity index (χ0) is 76.7. The highest BCUT2D eigenvalue weighted by atomic mass is 16.6. The molecule has 0 aromatic heterocycles. The third kappa shape index (κ3) is 17.4. The summed E-state index contributed by atoms with van der Waals surface area (Å²) in [4.78, 5) is 52.7. The van der Waals surface area contributed by atoms with Gasteiger partial charge in [-0.25, -0.2) is 0 Å². The van der Waals surface area contributed by atoms with Crippen LogP contribution in [0.15, 0.2) is 34.9 Å². The van der Waals surface area contributed by atoms with Crippen molar-refractivity contribution in [2.45, 2.75) is 334 Å². The van der Waals surface area contributed by atoms with Gasteiger partial charge in [-0.15, -0.1) is 0 Å². The summed E-state index contributed by atoms with van der Waals surface area (Å²) >= 11 is 0. The number of esters is 3. The SMILES string of the molecule is CC(C)CCC[C@@H](C)[C@H]1CC[C@H]2[C@@H]3CC=C4C[C@@H](OC(=O)CN5CCN(CC#N)CCN(CC(=O)O[C@H]6CC[C@@]7(C)C(=CC[C@H]8[C@@H]9CC[C@H]([C@H](C)CCCC(C)C)[C@@]9(C)CC[C@@H]87)C6)CCN(CC(=O)O[C@H]6CC[C@@]7(C)C(=CC[C@H]8[C@@H]9CC[C@H]([C@H](C)CCCC(C)C)[C@@]9(C)CC[C@@H]87)C6)CC5)CC[C@]4(C)[C@H]3CC[C@]12C. The third-order valence-corrected chi connectivity index (χ3v) is 36.0. The normalized spacial score (nSPS) is 41.2. The molecular weight excluding hydrogens is 1330 g/mol. The highest BCUT2D eigenvalue weighted by Gasteiger charge is 2.63. The molecule has 1 heterocycles. The van der Waals surface area contributed by atoms with Gasteiger partial charge in [0.2, 0.25) is 0 Å². The number of nitriles is 1. The Morgan fingerprint density at radius 3 is 0.926 bits per heavy atom. The first-order valence-corrected chi connectivity index (χ1v) is 46.5. The number of rotatable bonds is 25. The molecule has 0 spiro atoms. The second kappa shape index (κ2) is 34.8. The standard InChI is InChI=1S/C97H159N5O6/c1-65(2)19-16-22-68(7)80-31-34-83-77-28-25-71-59-74(37-43-92(71,10)86(77)40-46-95(80,83)13)106-89(103)62-100-53-51-99(50-49-98)52-54-101(63-90(104)107-75-38-44-93(11)72(60-75)26-29-78-84-35-32-81(69(8)23-17-20-66(3)4)96(84,14)47-41-87(78)93)56-58-102(57-55-100)64-91(105)108-76-39-45-94(12)73(61-76)27-30-79-85-36-33-82(70(9)24-18-21-67(5)6)97(85,15)48-42-88(79)94/h25-27,65-70,74-88H,16-24,28-48,50-64H2,1-15H3/t68-,69-,70-,74+,75+,76+,77+,78+,79+,80-,81-,82-,83+,84+,85+,86+,87+,88+,92+,93+,94+,95-,96-,97-/m1/s1.